The smallest absolute Gasteiger partial charge is 0.407 e. The summed E-state index contributed by atoms with van der Waals surface area (Å²) >= 11 is 0. The summed E-state index contributed by atoms with van der Waals surface area (Å²) in [5.74, 6) is -7.54. The molecule has 1 unspecified atom stereocenters. The van der Waals surface area contributed by atoms with Crippen LogP contribution >= 0.6 is 0 Å². The molecule has 1 amide bonds. The Morgan fingerprint density at radius 2 is 1.48 bits per heavy atom. The van der Waals surface area contributed by atoms with Crippen LogP contribution in [0.2, 0.25) is 0 Å². The molecule has 0 spiro atoms. The average molecular weight is 1150 g/mol. The lowest BCUT2D eigenvalue weighted by Gasteiger charge is -2.45. The van der Waals surface area contributed by atoms with Crippen LogP contribution in [0.3, 0.4) is 0 Å². The Labute approximate surface area is 480 Å². The van der Waals surface area contributed by atoms with Crippen molar-refractivity contribution < 1.29 is 87.0 Å². The minimum atomic E-state index is -2.39. The van der Waals surface area contributed by atoms with E-state index in [0.717, 1.165) is 5.57 Å². The van der Waals surface area contributed by atoms with Gasteiger partial charge in [-0.05, 0) is 102 Å². The molecule has 0 aromatic heterocycles. The maximum Gasteiger partial charge on any atom is 0.407 e. The number of fused-ring (bicyclic) bond motifs is 3. The number of hydrogen-bond acceptors (Lipinski definition) is 20. The Bertz CT molecular complexity index is 2070. The summed E-state index contributed by atoms with van der Waals surface area (Å²) in [6, 6.07) is -2.08. The molecule has 81 heavy (non-hydrogen) atoms. The number of aliphatic hydroxyl groups is 4. The maximum absolute atomic E-state index is 14.6. The third-order valence-corrected chi connectivity index (χ3v) is 16.2. The molecule has 0 aromatic carbocycles. The number of carbonyl (C=O) groups is 5. The van der Waals surface area contributed by atoms with Gasteiger partial charge in [-0.1, -0.05) is 70.6 Å². The molecule has 21 nitrogen and oxygen atoms in total. The molecule has 1 aliphatic carbocycles. The number of piperidine rings is 1. The van der Waals surface area contributed by atoms with Crippen LogP contribution in [0.15, 0.2) is 47.6 Å². The van der Waals surface area contributed by atoms with Gasteiger partial charge in [0.25, 0.3) is 0 Å². The number of hydrogen-bond donors (Lipinski definition) is 6. The highest BCUT2D eigenvalue weighted by molar-refractivity contribution is 5.90. The number of nitrogens with two attached hydrogens (primary N) is 1. The summed E-state index contributed by atoms with van der Waals surface area (Å²) in [6.07, 6.45) is 5.79. The molecule has 4 rings (SSSR count). The number of cyclic esters (lactones) is 1. The van der Waals surface area contributed by atoms with Crippen LogP contribution in [0.25, 0.3) is 0 Å². The second kappa shape index (κ2) is 36.1. The van der Waals surface area contributed by atoms with E-state index in [2.05, 4.69) is 5.32 Å². The molecular formula is C60H99N3O18. The zero-order chi connectivity index (χ0) is 59.6. The highest BCUT2D eigenvalue weighted by atomic mass is 16.6. The van der Waals surface area contributed by atoms with Crippen molar-refractivity contribution in [3.63, 3.8) is 0 Å². The minimum absolute atomic E-state index is 0.0637. The van der Waals surface area contributed by atoms with Crippen molar-refractivity contribution in [2.24, 2.45) is 35.3 Å². The van der Waals surface area contributed by atoms with Gasteiger partial charge in [0.1, 0.15) is 36.2 Å². The van der Waals surface area contributed by atoms with Crippen LogP contribution in [0.5, 0.6) is 0 Å². The minimum Gasteiger partial charge on any atom is -0.459 e. The second-order valence-electron chi connectivity index (χ2n) is 22.6. The zero-order valence-electron chi connectivity index (χ0n) is 49.7. The van der Waals surface area contributed by atoms with Gasteiger partial charge in [0.2, 0.25) is 11.6 Å². The number of amides is 1. The number of allylic oxidation sites excluding steroid dienone is 6. The number of methoxy groups -OCH3 is 2. The summed E-state index contributed by atoms with van der Waals surface area (Å²) in [7, 11) is 3.09. The average Bonchev–Trinajstić information content (AvgIpc) is 3.45. The molecule has 7 N–H and O–H groups in total. The third kappa shape index (κ3) is 22.3. The molecule has 3 heterocycles. The van der Waals surface area contributed by atoms with Gasteiger partial charge in [-0.3, -0.25) is 24.1 Å². The van der Waals surface area contributed by atoms with Crippen LogP contribution in [-0.4, -0.2) is 202 Å². The van der Waals surface area contributed by atoms with Crippen LogP contribution in [0.4, 0.5) is 4.79 Å². The van der Waals surface area contributed by atoms with E-state index < -0.39 is 114 Å². The molecular weight excluding hydrogens is 1050 g/mol. The van der Waals surface area contributed by atoms with Crippen LogP contribution in [-0.2, 0) is 61.8 Å². The molecule has 1 saturated carbocycles. The lowest BCUT2D eigenvalue weighted by molar-refractivity contribution is -0.275. The Kier molecular flexibility index (Phi) is 31.1. The first kappa shape index (κ1) is 69.7. The summed E-state index contributed by atoms with van der Waals surface area (Å²) in [6.45, 7) is 16.1. The Hall–Kier alpha value is -3.81. The lowest BCUT2D eigenvalue weighted by Crippen LogP contribution is -2.62. The van der Waals surface area contributed by atoms with Crippen molar-refractivity contribution in [3.8, 4) is 0 Å². The number of carbonyl (C=O) groups excluding carboxylic acids is 5. The van der Waals surface area contributed by atoms with Crippen molar-refractivity contribution in [2.45, 2.75) is 192 Å². The number of alkyl carbamates (subject to hydrolysis) is 1. The van der Waals surface area contributed by atoms with Gasteiger partial charge in [-0.15, -0.1) is 0 Å². The molecule has 3 fully saturated rings. The van der Waals surface area contributed by atoms with Gasteiger partial charge in [0.05, 0.1) is 64.6 Å². The quantitative estimate of drug-likeness (QED) is 0.0574. The van der Waals surface area contributed by atoms with Gasteiger partial charge < -0.3 is 74.1 Å². The summed E-state index contributed by atoms with van der Waals surface area (Å²) < 4.78 is 51.6. The number of Topliss-reactive ketones (excluding diaryl/α,β-unsaturated/α-hetero) is 3. The third-order valence-electron chi connectivity index (χ3n) is 16.2. The number of ketones is 3. The van der Waals surface area contributed by atoms with Gasteiger partial charge in [0.15, 0.2) is 12.0 Å². The van der Waals surface area contributed by atoms with E-state index in [1.54, 1.807) is 27.9 Å². The highest BCUT2D eigenvalue weighted by Crippen LogP contribution is 2.38. The van der Waals surface area contributed by atoms with Crippen molar-refractivity contribution in [3.05, 3.63) is 47.6 Å². The van der Waals surface area contributed by atoms with E-state index in [1.807, 2.05) is 51.2 Å². The molecule has 2 saturated heterocycles. The molecule has 2 bridgehead atoms. The van der Waals surface area contributed by atoms with E-state index >= 15 is 0 Å². The van der Waals surface area contributed by atoms with E-state index in [9.17, 15) is 44.4 Å². The topological polar surface area (TPSA) is 291 Å². The Balaban J connectivity index is 1.52. The van der Waals surface area contributed by atoms with E-state index in [1.165, 1.54) is 25.0 Å². The summed E-state index contributed by atoms with van der Waals surface area (Å²) in [5.41, 5.74) is 8.03. The standard InChI is InChI=1S/C60H99N3O18/c1-10-75-26-27-77-30-31-78-29-28-76-25-23-62-59(71)80-49-22-20-44(35-52(49)74-9)34-46(61)51-37-48(64)40(4)33-42(6)54(66)55(67)53(65)41(5)32-38(2)16-12-11-13-17-39(3)50(73-8)36-45-21-19-43(7)60(72,81-45)56(68)57(69)63-24-15-14-18-47(63)58(70)79-51/h11-13,16-17,33,38,40-41,43-47,49-52,54-55,57,66-67,69,72H,10,14-15,18-32,34-37,61H2,1-9H3,(H,62,71)/b13-11+,16-12+,39-17+,42-33+/t38-,40-,41-,43-,44+,45+,46-,47+,49-,50+,51+,52-,54-,55+,57?,60-/m1/s1. The maximum atomic E-state index is 14.6. The van der Waals surface area contributed by atoms with Crippen LogP contribution < -0.4 is 11.1 Å². The predicted molar refractivity (Wildman–Crippen MR) is 301 cm³/mol. The van der Waals surface area contributed by atoms with Gasteiger partial charge >= 0.3 is 12.1 Å². The number of aliphatic hydroxyl groups excluding tert-OH is 3. The predicted octanol–water partition coefficient (Wildman–Crippen LogP) is 4.83. The summed E-state index contributed by atoms with van der Waals surface area (Å²) in [4.78, 5) is 70.9. The van der Waals surface area contributed by atoms with Gasteiger partial charge in [-0.2, -0.15) is 0 Å². The molecule has 0 aromatic rings. The first-order chi connectivity index (χ1) is 38.6. The highest BCUT2D eigenvalue weighted by Gasteiger charge is 2.53. The number of nitrogens with zero attached hydrogens (tertiary/aromatic N) is 1. The number of rotatable bonds is 19. The van der Waals surface area contributed by atoms with Gasteiger partial charge in [0, 0.05) is 70.6 Å². The van der Waals surface area contributed by atoms with Crippen molar-refractivity contribution in [2.75, 3.05) is 80.2 Å². The fourth-order valence-corrected chi connectivity index (χ4v) is 11.2. The van der Waals surface area contributed by atoms with Crippen molar-refractivity contribution in [1.82, 2.24) is 10.2 Å². The zero-order valence-corrected chi connectivity index (χ0v) is 49.7. The molecule has 21 heteroatoms. The molecule has 16 atom stereocenters. The monoisotopic (exact) mass is 1150 g/mol. The van der Waals surface area contributed by atoms with E-state index in [-0.39, 0.29) is 56.4 Å². The fourth-order valence-electron chi connectivity index (χ4n) is 11.2. The fraction of sp³-hybridized carbons (Fsp3) is 0.783. The van der Waals surface area contributed by atoms with E-state index in [0.29, 0.717) is 104 Å². The summed E-state index contributed by atoms with van der Waals surface area (Å²) in [5, 5.41) is 49.0. The second-order valence-corrected chi connectivity index (χ2v) is 22.6. The first-order valence-electron chi connectivity index (χ1n) is 29.4. The molecule has 3 aliphatic heterocycles. The lowest BCUT2D eigenvalue weighted by atomic mass is 9.80. The molecule has 0 radical (unpaired) electrons. The van der Waals surface area contributed by atoms with Crippen molar-refractivity contribution >= 4 is 29.4 Å². The van der Waals surface area contributed by atoms with E-state index in [4.69, 9.17) is 48.4 Å². The van der Waals surface area contributed by atoms with Crippen LogP contribution in [0.1, 0.15) is 126 Å². The van der Waals surface area contributed by atoms with Crippen LogP contribution in [0, 0.1) is 29.6 Å². The number of ether oxygens (including phenoxy) is 9. The Morgan fingerprint density at radius 1 is 0.802 bits per heavy atom. The number of nitrogens with one attached hydrogen (secondary N) is 1. The molecule has 462 valence electrons. The first-order valence-corrected chi connectivity index (χ1v) is 29.4. The Morgan fingerprint density at radius 3 is 2.15 bits per heavy atom. The number of esters is 1. The molecule has 4 aliphatic rings. The van der Waals surface area contributed by atoms with Crippen molar-refractivity contribution in [1.29, 1.82) is 0 Å². The van der Waals surface area contributed by atoms with Gasteiger partial charge in [-0.25, -0.2) is 4.79 Å². The largest absolute Gasteiger partial charge is 0.459 e. The normalized spacial score (nSPS) is 35.8. The SMILES string of the molecule is CCOCCOCCOCCOCCNC(=O)O[C@@H]1CC[C@@H](C[C@@H](N)[C@@H]2CC(=O)[C@H](C)/C=C(\C)[C@@H](O)[C@@H](O)C(=O)[C@H](C)C[C@H](C)/C=C/C=C/C=C(\C)[C@@H](OC)C[C@@H]3CC[C@@H](C)[C@@](O)(O3)C(=O)C(O)N3CCCC[C@H]3C(=O)O2)C[C@H]1OC.